The maximum atomic E-state index is 13.3. The monoisotopic (exact) mass is 347 g/mol. The van der Waals surface area contributed by atoms with Crippen LogP contribution in [0.25, 0.3) is 0 Å². The summed E-state index contributed by atoms with van der Waals surface area (Å²) in [4.78, 5) is -0.0226. The SMILES string of the molecule is CNCC1CCCN(S(=O)(=O)c2ccc(F)c(C#N)c2)C1.Cl. The van der Waals surface area contributed by atoms with E-state index in [-0.39, 0.29) is 28.8 Å². The second-order valence-electron chi connectivity index (χ2n) is 5.18. The van der Waals surface area contributed by atoms with E-state index in [2.05, 4.69) is 5.32 Å². The van der Waals surface area contributed by atoms with Gasteiger partial charge in [0.1, 0.15) is 11.9 Å². The number of nitriles is 1. The zero-order chi connectivity index (χ0) is 15.5. The molecule has 5 nitrogen and oxygen atoms in total. The van der Waals surface area contributed by atoms with Gasteiger partial charge in [0, 0.05) is 13.1 Å². The molecular weight excluding hydrogens is 329 g/mol. The molecule has 0 saturated carbocycles. The van der Waals surface area contributed by atoms with E-state index in [9.17, 15) is 12.8 Å². The average Bonchev–Trinajstić information content (AvgIpc) is 2.48. The standard InChI is InChI=1S/C14H18FN3O2S.ClH/c1-17-9-11-3-2-6-18(10-11)21(19,20)13-4-5-14(15)12(7-13)8-16;/h4-5,7,11,17H,2-3,6,9-10H2,1H3;1H. The topological polar surface area (TPSA) is 73.2 Å². The molecule has 1 aromatic carbocycles. The van der Waals surface area contributed by atoms with Gasteiger partial charge in [-0.25, -0.2) is 12.8 Å². The molecule has 1 aliphatic rings. The van der Waals surface area contributed by atoms with Gasteiger partial charge in [-0.15, -0.1) is 12.4 Å². The fourth-order valence-corrected chi connectivity index (χ4v) is 4.18. The molecule has 22 heavy (non-hydrogen) atoms. The van der Waals surface area contributed by atoms with Crippen molar-refractivity contribution in [2.24, 2.45) is 5.92 Å². The summed E-state index contributed by atoms with van der Waals surface area (Å²) in [6.45, 7) is 1.67. The zero-order valence-corrected chi connectivity index (χ0v) is 13.9. The van der Waals surface area contributed by atoms with Crippen molar-refractivity contribution >= 4 is 22.4 Å². The van der Waals surface area contributed by atoms with Gasteiger partial charge in [-0.3, -0.25) is 0 Å². The number of rotatable bonds is 4. The van der Waals surface area contributed by atoms with Crippen molar-refractivity contribution in [2.45, 2.75) is 17.7 Å². The Bertz CT molecular complexity index is 659. The number of sulfonamides is 1. The summed E-state index contributed by atoms with van der Waals surface area (Å²) >= 11 is 0. The molecule has 2 rings (SSSR count). The first-order valence-corrected chi connectivity index (χ1v) is 8.27. The number of halogens is 2. The van der Waals surface area contributed by atoms with Crippen LogP contribution in [0.15, 0.2) is 23.1 Å². The summed E-state index contributed by atoms with van der Waals surface area (Å²) < 4.78 is 39.9. The summed E-state index contributed by atoms with van der Waals surface area (Å²) in [5.41, 5.74) is -0.250. The number of hydrogen-bond donors (Lipinski definition) is 1. The third-order valence-electron chi connectivity index (χ3n) is 3.67. The summed E-state index contributed by atoms with van der Waals surface area (Å²) in [7, 11) is -1.83. The van der Waals surface area contributed by atoms with Gasteiger partial charge in [0.15, 0.2) is 0 Å². The lowest BCUT2D eigenvalue weighted by molar-refractivity contribution is 0.263. The third kappa shape index (κ3) is 3.96. The van der Waals surface area contributed by atoms with Crippen LogP contribution in [0.1, 0.15) is 18.4 Å². The molecule has 1 aromatic rings. The van der Waals surface area contributed by atoms with Crippen molar-refractivity contribution < 1.29 is 12.8 Å². The highest BCUT2D eigenvalue weighted by molar-refractivity contribution is 7.89. The molecule has 0 amide bonds. The zero-order valence-electron chi connectivity index (χ0n) is 12.3. The molecule has 1 atom stereocenters. The molecule has 1 fully saturated rings. The Labute approximate surface area is 136 Å². The predicted molar refractivity (Wildman–Crippen MR) is 83.8 cm³/mol. The Balaban J connectivity index is 0.00000242. The van der Waals surface area contributed by atoms with Crippen LogP contribution in [0, 0.1) is 23.1 Å². The molecule has 1 heterocycles. The first-order chi connectivity index (χ1) is 9.98. The molecule has 1 unspecified atom stereocenters. The number of hydrogen-bond acceptors (Lipinski definition) is 4. The van der Waals surface area contributed by atoms with Crippen LogP contribution in [0.4, 0.5) is 4.39 Å². The fourth-order valence-electron chi connectivity index (χ4n) is 2.60. The van der Waals surface area contributed by atoms with E-state index in [1.165, 1.54) is 10.4 Å². The number of benzene rings is 1. The van der Waals surface area contributed by atoms with Gasteiger partial charge in [0.05, 0.1) is 10.5 Å². The minimum atomic E-state index is -3.67. The molecule has 122 valence electrons. The molecule has 0 spiro atoms. The van der Waals surface area contributed by atoms with Crippen molar-refractivity contribution in [1.29, 1.82) is 5.26 Å². The summed E-state index contributed by atoms with van der Waals surface area (Å²) in [6, 6.07) is 5.02. The van der Waals surface area contributed by atoms with Crippen molar-refractivity contribution in [3.63, 3.8) is 0 Å². The molecule has 1 N–H and O–H groups in total. The molecule has 0 radical (unpaired) electrons. The predicted octanol–water partition coefficient (Wildman–Crippen LogP) is 1.74. The highest BCUT2D eigenvalue weighted by atomic mass is 35.5. The molecular formula is C14H19ClFN3O2S. The van der Waals surface area contributed by atoms with Crippen molar-refractivity contribution in [2.75, 3.05) is 26.7 Å². The maximum absolute atomic E-state index is 13.3. The van der Waals surface area contributed by atoms with Gasteiger partial charge >= 0.3 is 0 Å². The van der Waals surface area contributed by atoms with Gasteiger partial charge in [-0.2, -0.15) is 9.57 Å². The van der Waals surface area contributed by atoms with E-state index in [4.69, 9.17) is 5.26 Å². The first-order valence-electron chi connectivity index (χ1n) is 6.83. The molecule has 1 aliphatic heterocycles. The van der Waals surface area contributed by atoms with Crippen LogP contribution < -0.4 is 5.32 Å². The van der Waals surface area contributed by atoms with Crippen molar-refractivity contribution in [3.8, 4) is 6.07 Å². The maximum Gasteiger partial charge on any atom is 0.243 e. The molecule has 1 saturated heterocycles. The van der Waals surface area contributed by atoms with Crippen LogP contribution in [0.2, 0.25) is 0 Å². The van der Waals surface area contributed by atoms with Crippen LogP contribution in [0.5, 0.6) is 0 Å². The summed E-state index contributed by atoms with van der Waals surface area (Å²) in [6.07, 6.45) is 1.79. The Kier molecular flexibility index (Phi) is 6.75. The van der Waals surface area contributed by atoms with Crippen LogP contribution in [-0.2, 0) is 10.0 Å². The average molecular weight is 348 g/mol. The quantitative estimate of drug-likeness (QED) is 0.900. The van der Waals surface area contributed by atoms with E-state index < -0.39 is 15.8 Å². The van der Waals surface area contributed by atoms with E-state index in [0.717, 1.165) is 31.5 Å². The summed E-state index contributed by atoms with van der Waals surface area (Å²) in [5, 5.41) is 11.9. The minimum absolute atomic E-state index is 0. The van der Waals surface area contributed by atoms with Crippen LogP contribution >= 0.6 is 12.4 Å². The first kappa shape index (κ1) is 18.8. The number of nitrogens with one attached hydrogen (secondary N) is 1. The second kappa shape index (κ2) is 7.88. The Morgan fingerprint density at radius 1 is 1.50 bits per heavy atom. The van der Waals surface area contributed by atoms with E-state index in [1.54, 1.807) is 6.07 Å². The number of nitrogens with zero attached hydrogens (tertiary/aromatic N) is 2. The minimum Gasteiger partial charge on any atom is -0.319 e. The Hall–Kier alpha value is -1.20. The van der Waals surface area contributed by atoms with E-state index in [0.29, 0.717) is 13.1 Å². The van der Waals surface area contributed by atoms with Crippen molar-refractivity contribution in [3.05, 3.63) is 29.6 Å². The van der Waals surface area contributed by atoms with Gasteiger partial charge in [0.2, 0.25) is 10.0 Å². The molecule has 0 aliphatic carbocycles. The molecule has 8 heteroatoms. The Morgan fingerprint density at radius 2 is 2.23 bits per heavy atom. The summed E-state index contributed by atoms with van der Waals surface area (Å²) in [5.74, 6) is -0.433. The largest absolute Gasteiger partial charge is 0.319 e. The van der Waals surface area contributed by atoms with Gasteiger partial charge < -0.3 is 5.32 Å². The molecule has 0 aromatic heterocycles. The lowest BCUT2D eigenvalue weighted by atomic mass is 10.00. The fraction of sp³-hybridized carbons (Fsp3) is 0.500. The highest BCUT2D eigenvalue weighted by Gasteiger charge is 2.30. The van der Waals surface area contributed by atoms with E-state index >= 15 is 0 Å². The number of piperidine rings is 1. The smallest absolute Gasteiger partial charge is 0.243 e. The van der Waals surface area contributed by atoms with E-state index in [1.807, 2.05) is 7.05 Å². The third-order valence-corrected chi connectivity index (χ3v) is 5.53. The van der Waals surface area contributed by atoms with Gasteiger partial charge in [-0.1, -0.05) is 0 Å². The Morgan fingerprint density at radius 3 is 2.86 bits per heavy atom. The lowest BCUT2D eigenvalue weighted by Crippen LogP contribution is -2.42. The highest BCUT2D eigenvalue weighted by Crippen LogP contribution is 2.24. The normalized spacial score (nSPS) is 19.2. The van der Waals surface area contributed by atoms with Crippen LogP contribution in [0.3, 0.4) is 0 Å². The van der Waals surface area contributed by atoms with Gasteiger partial charge in [0.25, 0.3) is 0 Å². The van der Waals surface area contributed by atoms with Crippen LogP contribution in [-0.4, -0.2) is 39.4 Å². The van der Waals surface area contributed by atoms with Gasteiger partial charge in [-0.05, 0) is 50.6 Å². The molecule has 0 bridgehead atoms. The van der Waals surface area contributed by atoms with Crippen molar-refractivity contribution in [1.82, 2.24) is 9.62 Å². The second-order valence-corrected chi connectivity index (χ2v) is 7.12. The lowest BCUT2D eigenvalue weighted by Gasteiger charge is -2.31.